The average Bonchev–Trinajstić information content (AvgIpc) is 2.75. The largest absolute Gasteiger partial charge is 0.445 e. The standard InChI is InChI=1S/C6H11F3O2.C4H6F4O.C4H7F3O2.C4H10O3.FH/c1-3-10-5(11-4-2)6(7,8)9;1-2-9-3(5)4(6,7)8;1-2-9-3(8)4(5,6)7;1-5-4(6-2)7-3;/h5H,3-4H2,1-2H3;3H,2H2,1H3;3,8H,2H2,1H3;4H,1-3H3;1H. The molecule has 0 radical (unpaired) electrons. The Bertz CT molecular complexity index is 429. The Labute approximate surface area is 207 Å². The zero-order chi connectivity index (χ0) is 29.6. The third kappa shape index (κ3) is 31.0. The van der Waals surface area contributed by atoms with Gasteiger partial charge in [0.15, 0.2) is 0 Å². The van der Waals surface area contributed by atoms with Crippen LogP contribution in [0.2, 0.25) is 0 Å². The van der Waals surface area contributed by atoms with E-state index in [2.05, 4.69) is 33.2 Å². The molecule has 1 N–H and O–H groups in total. The molecule has 0 heterocycles. The Hall–Kier alpha value is -1.09. The van der Waals surface area contributed by atoms with Crippen molar-refractivity contribution >= 4 is 0 Å². The van der Waals surface area contributed by atoms with E-state index in [1.54, 1.807) is 0 Å². The smallest absolute Gasteiger partial charge is 0.361 e. The molecule has 0 aliphatic heterocycles. The fourth-order valence-corrected chi connectivity index (χ4v) is 1.32. The maximum absolute atomic E-state index is 11.8. The summed E-state index contributed by atoms with van der Waals surface area (Å²) in [6, 6.07) is 0. The molecule has 0 bridgehead atoms. The minimum Gasteiger partial charge on any atom is -0.361 e. The van der Waals surface area contributed by atoms with Crippen LogP contribution in [0.1, 0.15) is 27.7 Å². The van der Waals surface area contributed by atoms with Crippen molar-refractivity contribution < 1.29 is 86.9 Å². The van der Waals surface area contributed by atoms with Gasteiger partial charge in [-0.3, -0.25) is 4.70 Å². The van der Waals surface area contributed by atoms with Crippen molar-refractivity contribution in [2.45, 2.75) is 71.6 Å². The molecule has 8 nitrogen and oxygen atoms in total. The van der Waals surface area contributed by atoms with Gasteiger partial charge >= 0.3 is 18.5 Å². The average molecular weight is 588 g/mol. The van der Waals surface area contributed by atoms with Gasteiger partial charge in [-0.05, 0) is 27.7 Å². The monoisotopic (exact) mass is 588 g/mol. The molecule has 0 aliphatic carbocycles. The fraction of sp³-hybridized carbons (Fsp3) is 1.00. The Morgan fingerprint density at radius 2 is 0.892 bits per heavy atom. The molecular formula is C18H35F11O8. The number of aliphatic hydroxyl groups is 1. The first-order valence-electron chi connectivity index (χ1n) is 9.90. The number of alkyl halides is 10. The first-order chi connectivity index (χ1) is 16.3. The summed E-state index contributed by atoms with van der Waals surface area (Å²) < 4.78 is 144. The lowest BCUT2D eigenvalue weighted by molar-refractivity contribution is -0.307. The molecule has 2 atom stereocenters. The molecule has 0 saturated heterocycles. The quantitative estimate of drug-likeness (QED) is 0.264. The van der Waals surface area contributed by atoms with E-state index < -0.39 is 43.9 Å². The van der Waals surface area contributed by atoms with Gasteiger partial charge in [0.2, 0.25) is 0 Å². The van der Waals surface area contributed by atoms with Crippen molar-refractivity contribution in [3.05, 3.63) is 0 Å². The summed E-state index contributed by atoms with van der Waals surface area (Å²) in [5, 5.41) is 8.04. The van der Waals surface area contributed by atoms with E-state index in [1.807, 2.05) is 0 Å². The summed E-state index contributed by atoms with van der Waals surface area (Å²) in [6.45, 7) is 4.67. The molecule has 37 heavy (non-hydrogen) atoms. The third-order valence-corrected chi connectivity index (χ3v) is 2.66. The van der Waals surface area contributed by atoms with Gasteiger partial charge in [-0.15, -0.1) is 0 Å². The number of halogens is 11. The van der Waals surface area contributed by atoms with E-state index in [9.17, 15) is 43.9 Å². The van der Waals surface area contributed by atoms with Crippen molar-refractivity contribution in [3.8, 4) is 0 Å². The van der Waals surface area contributed by atoms with Crippen LogP contribution < -0.4 is 0 Å². The zero-order valence-corrected chi connectivity index (χ0v) is 21.1. The molecular weight excluding hydrogens is 553 g/mol. The molecule has 0 aromatic carbocycles. The van der Waals surface area contributed by atoms with Crippen LogP contribution in [-0.2, 0) is 33.2 Å². The molecule has 0 amide bonds. The molecule has 0 rings (SSSR count). The topological polar surface area (TPSA) is 84.8 Å². The van der Waals surface area contributed by atoms with Gasteiger partial charge in [-0.1, -0.05) is 0 Å². The number of ether oxygens (including phenoxy) is 7. The van der Waals surface area contributed by atoms with Crippen molar-refractivity contribution in [3.63, 3.8) is 0 Å². The predicted octanol–water partition coefficient (Wildman–Crippen LogP) is 5.09. The number of methoxy groups -OCH3 is 3. The van der Waals surface area contributed by atoms with Crippen molar-refractivity contribution in [1.29, 1.82) is 0 Å². The summed E-state index contributed by atoms with van der Waals surface area (Å²) >= 11 is 0. The molecule has 0 saturated carbocycles. The van der Waals surface area contributed by atoms with Crippen LogP contribution >= 0.6 is 0 Å². The second-order valence-corrected chi connectivity index (χ2v) is 5.44. The van der Waals surface area contributed by atoms with Crippen molar-refractivity contribution in [2.75, 3.05) is 47.8 Å². The van der Waals surface area contributed by atoms with Crippen LogP contribution in [0, 0.1) is 0 Å². The molecule has 0 aromatic rings. The van der Waals surface area contributed by atoms with Crippen LogP contribution in [0.25, 0.3) is 0 Å². The zero-order valence-electron chi connectivity index (χ0n) is 21.1. The lowest BCUT2D eigenvalue weighted by atomic mass is 10.6. The van der Waals surface area contributed by atoms with Gasteiger partial charge in [0.05, 0.1) is 0 Å². The minimum atomic E-state index is -4.88. The molecule has 2 unspecified atom stereocenters. The van der Waals surface area contributed by atoms with Gasteiger partial charge in [-0.25, -0.2) is 4.39 Å². The first kappa shape index (κ1) is 45.8. The number of hydrogen-bond donors (Lipinski definition) is 1. The molecule has 19 heteroatoms. The third-order valence-electron chi connectivity index (χ3n) is 2.66. The summed E-state index contributed by atoms with van der Waals surface area (Å²) in [4.78, 5) is 0. The number of aliphatic hydroxyl groups excluding tert-OH is 1. The maximum atomic E-state index is 11.8. The van der Waals surface area contributed by atoms with Crippen LogP contribution in [-0.4, -0.2) is 96.8 Å². The van der Waals surface area contributed by atoms with Crippen LogP contribution in [0.4, 0.5) is 48.6 Å². The van der Waals surface area contributed by atoms with E-state index in [-0.39, 0.29) is 31.1 Å². The van der Waals surface area contributed by atoms with Gasteiger partial charge < -0.3 is 38.3 Å². The van der Waals surface area contributed by atoms with Gasteiger partial charge in [0.1, 0.15) is 0 Å². The summed E-state index contributed by atoms with van der Waals surface area (Å²) in [7, 11) is 4.53. The summed E-state index contributed by atoms with van der Waals surface area (Å²) in [6.07, 6.45) is -21.8. The van der Waals surface area contributed by atoms with Gasteiger partial charge in [-0.2, -0.15) is 39.5 Å². The van der Waals surface area contributed by atoms with Crippen LogP contribution in [0.5, 0.6) is 0 Å². The second-order valence-electron chi connectivity index (χ2n) is 5.44. The molecule has 0 aliphatic rings. The molecule has 0 aromatic heterocycles. The SMILES string of the molecule is CCOC(F)C(F)(F)F.CCOC(O)C(F)(F)F.CCOC(OCC)C(F)(F)F.COC(OC)OC.F. The normalized spacial score (nSPS) is 13.3. The predicted molar refractivity (Wildman–Crippen MR) is 107 cm³/mol. The summed E-state index contributed by atoms with van der Waals surface area (Å²) in [5.41, 5.74) is 0. The Balaban J connectivity index is -0.000000123. The highest BCUT2D eigenvalue weighted by Crippen LogP contribution is 2.24. The van der Waals surface area contributed by atoms with Crippen LogP contribution in [0.15, 0.2) is 0 Å². The van der Waals surface area contributed by atoms with E-state index >= 15 is 0 Å². The molecule has 232 valence electrons. The van der Waals surface area contributed by atoms with E-state index in [1.165, 1.54) is 49.0 Å². The molecule has 0 spiro atoms. The highest BCUT2D eigenvalue weighted by atomic mass is 19.4. The lowest BCUT2D eigenvalue weighted by Crippen LogP contribution is -2.34. The fourth-order valence-electron chi connectivity index (χ4n) is 1.32. The van der Waals surface area contributed by atoms with E-state index in [0.29, 0.717) is 0 Å². The second kappa shape index (κ2) is 25.2. The highest BCUT2D eigenvalue weighted by Gasteiger charge is 2.42. The summed E-state index contributed by atoms with van der Waals surface area (Å²) in [5.74, 6) is 0. The van der Waals surface area contributed by atoms with E-state index in [0.717, 1.165) is 0 Å². The number of rotatable bonds is 11. The van der Waals surface area contributed by atoms with Crippen molar-refractivity contribution in [1.82, 2.24) is 0 Å². The van der Waals surface area contributed by atoms with Crippen LogP contribution in [0.3, 0.4) is 0 Å². The minimum absolute atomic E-state index is 0. The lowest BCUT2D eigenvalue weighted by Gasteiger charge is -2.19. The maximum Gasteiger partial charge on any atom is 0.445 e. The Morgan fingerprint density at radius 3 is 1.00 bits per heavy atom. The van der Waals surface area contributed by atoms with Gasteiger partial charge in [0.25, 0.3) is 25.4 Å². The number of hydrogen-bond acceptors (Lipinski definition) is 8. The first-order valence-corrected chi connectivity index (χ1v) is 9.90. The molecule has 0 fully saturated rings. The van der Waals surface area contributed by atoms with Gasteiger partial charge in [0, 0.05) is 47.8 Å². The highest BCUT2D eigenvalue weighted by molar-refractivity contribution is 4.55. The Morgan fingerprint density at radius 1 is 0.568 bits per heavy atom. The van der Waals surface area contributed by atoms with E-state index in [4.69, 9.17) is 5.11 Å². The Kier molecular flexibility index (Phi) is 31.2. The van der Waals surface area contributed by atoms with Crippen molar-refractivity contribution in [2.24, 2.45) is 0 Å².